The van der Waals surface area contributed by atoms with Gasteiger partial charge in [0.2, 0.25) is 5.91 Å². The number of amides is 4. The van der Waals surface area contributed by atoms with Gasteiger partial charge in [-0.3, -0.25) is 29.3 Å². The average molecular weight is 596 g/mol. The number of hydrogen-bond donors (Lipinski definition) is 4. The number of nitrogens with two attached hydrogens (primary N) is 1. The molecule has 0 aliphatic carbocycles. The molecule has 0 aliphatic heterocycles. The minimum Gasteiger partial charge on any atom is -0.366 e. The third kappa shape index (κ3) is 8.62. The lowest BCUT2D eigenvalue weighted by Crippen LogP contribution is -2.30. The summed E-state index contributed by atoms with van der Waals surface area (Å²) in [5.41, 5.74) is 6.95. The molecule has 0 atom stereocenters. The molecule has 4 rings (SSSR count). The van der Waals surface area contributed by atoms with Gasteiger partial charge < -0.3 is 21.7 Å². The third-order valence-electron chi connectivity index (χ3n) is 5.89. The van der Waals surface area contributed by atoms with E-state index < -0.39 is 22.6 Å². The van der Waals surface area contributed by atoms with Crippen LogP contribution in [0.3, 0.4) is 0 Å². The molecule has 43 heavy (non-hydrogen) atoms. The Hall–Kier alpha value is -5.75. The maximum absolute atomic E-state index is 13.2. The third-order valence-corrected chi connectivity index (χ3v) is 6.90. The quantitative estimate of drug-likeness (QED) is 0.0831. The normalized spacial score (nSPS) is 10.8. The summed E-state index contributed by atoms with van der Waals surface area (Å²) in [5, 5.41) is 19.0. The molecule has 0 aromatic heterocycles. The number of rotatable bonds is 11. The van der Waals surface area contributed by atoms with Crippen LogP contribution in [0.15, 0.2) is 114 Å². The van der Waals surface area contributed by atoms with Crippen LogP contribution in [0.5, 0.6) is 0 Å². The number of nitrogens with zero attached hydrogens (tertiary/aromatic N) is 1. The molecule has 4 amide bonds. The fourth-order valence-electron chi connectivity index (χ4n) is 3.78. The van der Waals surface area contributed by atoms with E-state index in [9.17, 15) is 29.3 Å². The molecule has 0 saturated heterocycles. The number of primary amides is 1. The van der Waals surface area contributed by atoms with Crippen molar-refractivity contribution in [3.63, 3.8) is 0 Å². The van der Waals surface area contributed by atoms with E-state index >= 15 is 0 Å². The Morgan fingerprint density at radius 1 is 0.814 bits per heavy atom. The molecule has 0 bridgehead atoms. The molecular weight excluding hydrogens is 570 g/mol. The van der Waals surface area contributed by atoms with E-state index in [0.717, 1.165) is 4.90 Å². The van der Waals surface area contributed by atoms with Gasteiger partial charge >= 0.3 is 0 Å². The number of carbonyl (C=O) groups excluding carboxylic acids is 4. The predicted octanol–water partition coefficient (Wildman–Crippen LogP) is 4.83. The first-order valence-corrected chi connectivity index (χ1v) is 13.7. The molecule has 0 spiro atoms. The molecule has 0 aliphatic rings. The van der Waals surface area contributed by atoms with Crippen molar-refractivity contribution in [1.82, 2.24) is 5.32 Å². The van der Waals surface area contributed by atoms with Gasteiger partial charge in [-0.15, -0.1) is 11.8 Å². The summed E-state index contributed by atoms with van der Waals surface area (Å²) in [4.78, 5) is 61.2. The summed E-state index contributed by atoms with van der Waals surface area (Å²) in [7, 11) is 0. The van der Waals surface area contributed by atoms with Crippen molar-refractivity contribution in [2.75, 3.05) is 16.4 Å². The maximum atomic E-state index is 13.2. The number of benzene rings is 4. The van der Waals surface area contributed by atoms with Crippen LogP contribution in [0.4, 0.5) is 17.1 Å². The number of nitrogens with one attached hydrogen (secondary N) is 3. The van der Waals surface area contributed by atoms with Gasteiger partial charge in [0.1, 0.15) is 5.70 Å². The van der Waals surface area contributed by atoms with Crippen molar-refractivity contribution in [3.8, 4) is 0 Å². The van der Waals surface area contributed by atoms with E-state index in [0.29, 0.717) is 22.5 Å². The van der Waals surface area contributed by atoms with Crippen molar-refractivity contribution in [2.45, 2.75) is 4.90 Å². The summed E-state index contributed by atoms with van der Waals surface area (Å²) >= 11 is 1.25. The number of hydrogen-bond acceptors (Lipinski definition) is 7. The molecule has 216 valence electrons. The van der Waals surface area contributed by atoms with Crippen LogP contribution >= 0.6 is 11.8 Å². The van der Waals surface area contributed by atoms with Gasteiger partial charge in [0.15, 0.2) is 0 Å². The molecule has 0 fully saturated rings. The minimum absolute atomic E-state index is 0.0619. The number of thioether (sulfide) groups is 1. The molecule has 11 nitrogen and oxygen atoms in total. The standard InChI is InChI=1S/C31H25N5O6S/c32-29(38)25-8-4-5-9-26(25)34-28(37)19-43-24-16-12-22(13-17-24)33-31(40)27(35-30(39)21-6-2-1-3-7-21)18-20-10-14-23(15-11-20)36(41)42/h1-18H,19H2,(H2,32,38)(H,33,40)(H,34,37)(H,35,39)/b27-18-. The van der Waals surface area contributed by atoms with Crippen molar-refractivity contribution in [1.29, 1.82) is 0 Å². The van der Waals surface area contributed by atoms with E-state index in [2.05, 4.69) is 16.0 Å². The van der Waals surface area contributed by atoms with Gasteiger partial charge in [0.05, 0.1) is 21.9 Å². The molecule has 4 aromatic carbocycles. The average Bonchev–Trinajstić information content (AvgIpc) is 3.01. The maximum Gasteiger partial charge on any atom is 0.272 e. The summed E-state index contributed by atoms with van der Waals surface area (Å²) in [6.45, 7) is 0. The first-order chi connectivity index (χ1) is 20.7. The van der Waals surface area contributed by atoms with Gasteiger partial charge in [-0.2, -0.15) is 0 Å². The lowest BCUT2D eigenvalue weighted by Gasteiger charge is -2.12. The van der Waals surface area contributed by atoms with Crippen LogP contribution in [0.25, 0.3) is 6.08 Å². The topological polar surface area (TPSA) is 174 Å². The predicted molar refractivity (Wildman–Crippen MR) is 164 cm³/mol. The van der Waals surface area contributed by atoms with Crippen LogP contribution in [0.2, 0.25) is 0 Å². The summed E-state index contributed by atoms with van der Waals surface area (Å²) in [6, 6.07) is 27.0. The fourth-order valence-corrected chi connectivity index (χ4v) is 4.47. The Morgan fingerprint density at radius 3 is 2.12 bits per heavy atom. The van der Waals surface area contributed by atoms with Crippen LogP contribution in [0, 0.1) is 10.1 Å². The highest BCUT2D eigenvalue weighted by molar-refractivity contribution is 8.00. The van der Waals surface area contributed by atoms with Gasteiger partial charge in [-0.1, -0.05) is 30.3 Å². The van der Waals surface area contributed by atoms with Crippen molar-refractivity contribution in [3.05, 3.63) is 136 Å². The first kappa shape index (κ1) is 30.2. The Balaban J connectivity index is 1.42. The number of nitro benzene ring substituents is 1. The van der Waals surface area contributed by atoms with Gasteiger partial charge in [0, 0.05) is 28.3 Å². The zero-order chi connectivity index (χ0) is 30.8. The van der Waals surface area contributed by atoms with E-state index in [-0.39, 0.29) is 28.6 Å². The Morgan fingerprint density at radius 2 is 1.47 bits per heavy atom. The highest BCUT2D eigenvalue weighted by Crippen LogP contribution is 2.22. The SMILES string of the molecule is NC(=O)c1ccccc1NC(=O)CSc1ccc(NC(=O)/C(=C/c2ccc([N+](=O)[O-])cc2)NC(=O)c2ccccc2)cc1. The molecular formula is C31H25N5O6S. The molecule has 12 heteroatoms. The summed E-state index contributed by atoms with van der Waals surface area (Å²) < 4.78 is 0. The van der Waals surface area contributed by atoms with Crippen molar-refractivity contribution < 1.29 is 24.1 Å². The minimum atomic E-state index is -0.647. The van der Waals surface area contributed by atoms with E-state index in [1.165, 1.54) is 48.2 Å². The first-order valence-electron chi connectivity index (χ1n) is 12.7. The van der Waals surface area contributed by atoms with Crippen LogP contribution < -0.4 is 21.7 Å². The second kappa shape index (κ2) is 14.2. The fraction of sp³-hybridized carbons (Fsp3) is 0.0323. The second-order valence-electron chi connectivity index (χ2n) is 8.95. The largest absolute Gasteiger partial charge is 0.366 e. The smallest absolute Gasteiger partial charge is 0.272 e. The van der Waals surface area contributed by atoms with Crippen molar-refractivity contribution >= 4 is 58.5 Å². The van der Waals surface area contributed by atoms with Gasteiger partial charge in [0.25, 0.3) is 23.4 Å². The number of para-hydroxylation sites is 1. The van der Waals surface area contributed by atoms with E-state index in [1.54, 1.807) is 72.8 Å². The molecule has 0 radical (unpaired) electrons. The van der Waals surface area contributed by atoms with Crippen molar-refractivity contribution in [2.24, 2.45) is 5.73 Å². The summed E-state index contributed by atoms with van der Waals surface area (Å²) in [5.74, 6) is -2.03. The van der Waals surface area contributed by atoms with Crippen LogP contribution in [0.1, 0.15) is 26.3 Å². The molecule has 0 saturated carbocycles. The Kier molecular flexibility index (Phi) is 10.0. The van der Waals surface area contributed by atoms with Crippen LogP contribution in [-0.2, 0) is 9.59 Å². The Bertz CT molecular complexity index is 1690. The molecule has 0 heterocycles. The second-order valence-corrected chi connectivity index (χ2v) is 10.0. The lowest BCUT2D eigenvalue weighted by atomic mass is 10.1. The zero-order valence-corrected chi connectivity index (χ0v) is 23.3. The lowest BCUT2D eigenvalue weighted by molar-refractivity contribution is -0.384. The van der Waals surface area contributed by atoms with E-state index in [4.69, 9.17) is 5.73 Å². The highest BCUT2D eigenvalue weighted by Gasteiger charge is 2.16. The van der Waals surface area contributed by atoms with Gasteiger partial charge in [-0.05, 0) is 72.3 Å². The molecule has 0 unspecified atom stereocenters. The zero-order valence-electron chi connectivity index (χ0n) is 22.5. The van der Waals surface area contributed by atoms with E-state index in [1.807, 2.05) is 0 Å². The Labute approximate surface area is 250 Å². The number of non-ortho nitro benzene ring substituents is 1. The molecule has 5 N–H and O–H groups in total. The number of nitro groups is 1. The van der Waals surface area contributed by atoms with Gasteiger partial charge in [-0.25, -0.2) is 0 Å². The summed E-state index contributed by atoms with van der Waals surface area (Å²) in [6.07, 6.45) is 1.42. The molecule has 4 aromatic rings. The monoisotopic (exact) mass is 595 g/mol. The number of anilines is 2. The number of carbonyl (C=O) groups is 4. The van der Waals surface area contributed by atoms with Crippen LogP contribution in [-0.4, -0.2) is 34.3 Å². The highest BCUT2D eigenvalue weighted by atomic mass is 32.2.